The van der Waals surface area contributed by atoms with Gasteiger partial charge in [-0.15, -0.1) is 0 Å². The van der Waals surface area contributed by atoms with Crippen molar-refractivity contribution in [1.82, 2.24) is 5.32 Å². The Balaban J connectivity index is 0.000000810. The first kappa shape index (κ1) is 9.99. The summed E-state index contributed by atoms with van der Waals surface area (Å²) >= 11 is 0. The summed E-state index contributed by atoms with van der Waals surface area (Å²) in [6.07, 6.45) is -0.751. The zero-order valence-corrected chi connectivity index (χ0v) is 5.92. The van der Waals surface area contributed by atoms with Crippen molar-refractivity contribution in [2.24, 2.45) is 0 Å². The molecule has 1 unspecified atom stereocenters. The molecule has 0 amide bonds. The molecule has 10 heavy (non-hydrogen) atoms. The molecule has 1 N–H and O–H groups in total. The summed E-state index contributed by atoms with van der Waals surface area (Å²) in [7, 11) is 0. The third-order valence-corrected chi connectivity index (χ3v) is 1.19. The second-order valence-electron chi connectivity index (χ2n) is 1.88. The normalized spacial score (nSPS) is 25.0. The van der Waals surface area contributed by atoms with Crippen molar-refractivity contribution in [2.45, 2.75) is 6.10 Å². The third-order valence-electron chi connectivity index (χ3n) is 1.19. The van der Waals surface area contributed by atoms with E-state index in [1.165, 1.54) is 0 Å². The minimum Gasteiger partial charge on any atom is -0.547 e. The molecule has 1 fully saturated rings. The largest absolute Gasteiger partial charge is 1.00 e. The van der Waals surface area contributed by atoms with Crippen LogP contribution < -0.4 is 29.3 Å². The molecule has 0 aromatic heterocycles. The van der Waals surface area contributed by atoms with Gasteiger partial charge < -0.3 is 20.0 Å². The first-order valence-electron chi connectivity index (χ1n) is 2.84. The van der Waals surface area contributed by atoms with Crippen LogP contribution in [0.2, 0.25) is 0 Å². The van der Waals surface area contributed by atoms with E-state index >= 15 is 0 Å². The second-order valence-corrected chi connectivity index (χ2v) is 1.88. The van der Waals surface area contributed by atoms with E-state index in [9.17, 15) is 9.90 Å². The quantitative estimate of drug-likeness (QED) is 0.367. The molecule has 0 aromatic carbocycles. The predicted octanol–water partition coefficient (Wildman–Crippen LogP) is -5.27. The van der Waals surface area contributed by atoms with Crippen molar-refractivity contribution >= 4 is 5.97 Å². The summed E-state index contributed by atoms with van der Waals surface area (Å²) < 4.78 is 4.81. The van der Waals surface area contributed by atoms with Crippen LogP contribution in [0.15, 0.2) is 0 Å². The maximum atomic E-state index is 10.1. The van der Waals surface area contributed by atoms with E-state index in [0.29, 0.717) is 13.2 Å². The summed E-state index contributed by atoms with van der Waals surface area (Å²) in [5.41, 5.74) is 0. The van der Waals surface area contributed by atoms with Gasteiger partial charge in [0, 0.05) is 13.1 Å². The molecule has 0 aliphatic carbocycles. The molecule has 1 aliphatic heterocycles. The Hall–Kier alpha value is -0.0126. The second kappa shape index (κ2) is 4.75. The maximum Gasteiger partial charge on any atom is 1.00 e. The van der Waals surface area contributed by atoms with Crippen molar-refractivity contribution in [3.05, 3.63) is 0 Å². The fourth-order valence-corrected chi connectivity index (χ4v) is 0.717. The molecule has 1 saturated heterocycles. The maximum absolute atomic E-state index is 10.1. The van der Waals surface area contributed by atoms with E-state index in [0.717, 1.165) is 6.54 Å². The van der Waals surface area contributed by atoms with Gasteiger partial charge in [0.15, 0.2) is 0 Å². The summed E-state index contributed by atoms with van der Waals surface area (Å²) in [6.45, 7) is 1.55. The topological polar surface area (TPSA) is 61.4 Å². The molecule has 0 bridgehead atoms. The van der Waals surface area contributed by atoms with Crippen LogP contribution >= 0.6 is 0 Å². The number of rotatable bonds is 1. The number of carboxylic acid groups (broad SMARTS) is 1. The molecule has 5 heteroatoms. The van der Waals surface area contributed by atoms with Crippen LogP contribution in [-0.2, 0) is 9.53 Å². The number of carbonyl (C=O) groups is 1. The number of hydrogen-bond acceptors (Lipinski definition) is 4. The zero-order valence-electron chi connectivity index (χ0n) is 5.92. The fraction of sp³-hybridized carbons (Fsp3) is 0.800. The Morgan fingerprint density at radius 1 is 1.70 bits per heavy atom. The molecule has 4 nitrogen and oxygen atoms in total. The van der Waals surface area contributed by atoms with E-state index in [-0.39, 0.29) is 18.9 Å². The van der Waals surface area contributed by atoms with Crippen molar-refractivity contribution in [1.29, 1.82) is 0 Å². The number of nitrogens with one attached hydrogen (secondary N) is 1. The standard InChI is InChI=1S/C5H9NO3.Li/c7-5(8)4-3-6-1-2-9-4;/h4,6H,1-3H2,(H,7,8);/q;+1/p-1. The van der Waals surface area contributed by atoms with Gasteiger partial charge in [-0.2, -0.15) is 0 Å². The number of morpholine rings is 1. The van der Waals surface area contributed by atoms with Crippen molar-refractivity contribution in [3.8, 4) is 0 Å². The summed E-state index contributed by atoms with van der Waals surface area (Å²) in [6, 6.07) is 0. The minimum atomic E-state index is -1.14. The van der Waals surface area contributed by atoms with Crippen LogP contribution in [0.4, 0.5) is 0 Å². The molecule has 1 atom stereocenters. The fourth-order valence-electron chi connectivity index (χ4n) is 0.717. The van der Waals surface area contributed by atoms with Gasteiger partial charge in [0.1, 0.15) is 6.10 Å². The van der Waals surface area contributed by atoms with Gasteiger partial charge in [-0.3, -0.25) is 0 Å². The molecule has 1 aliphatic rings. The van der Waals surface area contributed by atoms with Gasteiger partial charge in [0.2, 0.25) is 0 Å². The number of aliphatic carboxylic acids is 1. The minimum absolute atomic E-state index is 0. The Kier molecular flexibility index (Phi) is 4.74. The van der Waals surface area contributed by atoms with Gasteiger partial charge in [-0.05, 0) is 0 Å². The average molecular weight is 137 g/mol. The van der Waals surface area contributed by atoms with Crippen LogP contribution in [0.3, 0.4) is 0 Å². The van der Waals surface area contributed by atoms with E-state index in [1.807, 2.05) is 0 Å². The molecule has 1 heterocycles. The number of carboxylic acids is 1. The molecule has 1 rings (SSSR count). The molecule has 52 valence electrons. The first-order valence-corrected chi connectivity index (χ1v) is 2.84. The summed E-state index contributed by atoms with van der Waals surface area (Å²) in [4.78, 5) is 10.1. The van der Waals surface area contributed by atoms with Crippen LogP contribution in [0.25, 0.3) is 0 Å². The van der Waals surface area contributed by atoms with E-state index in [2.05, 4.69) is 5.32 Å². The van der Waals surface area contributed by atoms with Crippen LogP contribution in [-0.4, -0.2) is 31.8 Å². The molecule has 0 spiro atoms. The Morgan fingerprint density at radius 2 is 2.40 bits per heavy atom. The van der Waals surface area contributed by atoms with Gasteiger partial charge in [0.05, 0.1) is 12.6 Å². The number of hydrogen-bond donors (Lipinski definition) is 1. The first-order chi connectivity index (χ1) is 4.30. The van der Waals surface area contributed by atoms with Gasteiger partial charge in [-0.25, -0.2) is 0 Å². The van der Waals surface area contributed by atoms with Crippen molar-refractivity contribution in [3.63, 3.8) is 0 Å². The molecule has 0 saturated carbocycles. The smallest absolute Gasteiger partial charge is 0.547 e. The zero-order chi connectivity index (χ0) is 6.69. The van der Waals surface area contributed by atoms with Crippen LogP contribution in [0, 0.1) is 0 Å². The number of carbonyl (C=O) groups excluding carboxylic acids is 1. The predicted molar refractivity (Wildman–Crippen MR) is 27.6 cm³/mol. The monoisotopic (exact) mass is 137 g/mol. The van der Waals surface area contributed by atoms with E-state index in [1.54, 1.807) is 0 Å². The average Bonchev–Trinajstić information content (AvgIpc) is 1.90. The van der Waals surface area contributed by atoms with E-state index in [4.69, 9.17) is 4.74 Å². The van der Waals surface area contributed by atoms with Gasteiger partial charge in [-0.1, -0.05) is 0 Å². The van der Waals surface area contributed by atoms with Crippen molar-refractivity contribution < 1.29 is 33.5 Å². The third kappa shape index (κ3) is 2.71. The Bertz CT molecular complexity index is 113. The van der Waals surface area contributed by atoms with Crippen LogP contribution in [0.1, 0.15) is 0 Å². The van der Waals surface area contributed by atoms with E-state index < -0.39 is 12.1 Å². The summed E-state index contributed by atoms with van der Waals surface area (Å²) in [5, 5.41) is 12.9. The molecular formula is C5H8LiNO3. The van der Waals surface area contributed by atoms with Gasteiger partial charge >= 0.3 is 18.9 Å². The summed E-state index contributed by atoms with van der Waals surface area (Å²) in [5.74, 6) is -1.14. The van der Waals surface area contributed by atoms with Gasteiger partial charge in [0.25, 0.3) is 0 Å². The molecule has 0 radical (unpaired) electrons. The Morgan fingerprint density at radius 3 is 2.70 bits per heavy atom. The number of ether oxygens (including phenoxy) is 1. The van der Waals surface area contributed by atoms with Crippen molar-refractivity contribution in [2.75, 3.05) is 19.7 Å². The van der Waals surface area contributed by atoms with Crippen LogP contribution in [0.5, 0.6) is 0 Å². The molecule has 0 aromatic rings. The molecular weight excluding hydrogens is 129 g/mol. The Labute approximate surface area is 71.1 Å². The SMILES string of the molecule is O=C([O-])C1CNCCO1.[Li+].